The van der Waals surface area contributed by atoms with E-state index in [4.69, 9.17) is 21.1 Å². The van der Waals surface area contributed by atoms with Crippen LogP contribution in [0.5, 0.6) is 5.75 Å². The standard InChI is InChI=1S/C19H19ClF2N2O3/c20-16-10-13(4-5-17(16)22)18-12-24(7-9-27-18)19(25)23-14-2-1-3-15(11-14)26-8-6-21/h1-5,10-11,18H,6-9,12H2,(H,23,25)/t18-/m1/s1. The number of morpholine rings is 1. The minimum absolute atomic E-state index is 0.0165. The van der Waals surface area contributed by atoms with Crippen LogP contribution in [0, 0.1) is 5.82 Å². The van der Waals surface area contributed by atoms with Crippen LogP contribution in [0.1, 0.15) is 11.7 Å². The molecular formula is C19H19ClF2N2O3. The number of rotatable bonds is 5. The number of ether oxygens (including phenoxy) is 2. The Kier molecular flexibility index (Phi) is 6.47. The van der Waals surface area contributed by atoms with Gasteiger partial charge >= 0.3 is 6.03 Å². The Morgan fingerprint density at radius 2 is 2.19 bits per heavy atom. The lowest BCUT2D eigenvalue weighted by molar-refractivity contribution is -0.0135. The zero-order chi connectivity index (χ0) is 19.2. The predicted molar refractivity (Wildman–Crippen MR) is 98.6 cm³/mol. The second-order valence-corrected chi connectivity index (χ2v) is 6.38. The first-order chi connectivity index (χ1) is 13.1. The SMILES string of the molecule is O=C(Nc1cccc(OCCF)c1)N1CCO[C@@H](c2ccc(F)c(Cl)c2)C1. The van der Waals surface area contributed by atoms with Crippen molar-refractivity contribution in [2.24, 2.45) is 0 Å². The molecule has 5 nitrogen and oxygen atoms in total. The summed E-state index contributed by atoms with van der Waals surface area (Å²) in [6, 6.07) is 10.8. The lowest BCUT2D eigenvalue weighted by Gasteiger charge is -2.33. The Hall–Kier alpha value is -2.38. The molecule has 3 rings (SSSR count). The molecule has 2 aromatic carbocycles. The molecule has 2 amide bonds. The van der Waals surface area contributed by atoms with Gasteiger partial charge in [-0.1, -0.05) is 23.7 Å². The molecule has 27 heavy (non-hydrogen) atoms. The number of halogens is 3. The van der Waals surface area contributed by atoms with Crippen molar-refractivity contribution in [2.45, 2.75) is 6.10 Å². The molecule has 0 aromatic heterocycles. The van der Waals surface area contributed by atoms with E-state index in [1.54, 1.807) is 35.2 Å². The van der Waals surface area contributed by atoms with Gasteiger partial charge in [-0.05, 0) is 29.8 Å². The summed E-state index contributed by atoms with van der Waals surface area (Å²) in [5.41, 5.74) is 1.25. The van der Waals surface area contributed by atoms with Crippen molar-refractivity contribution < 1.29 is 23.0 Å². The van der Waals surface area contributed by atoms with Gasteiger partial charge in [0.1, 0.15) is 31.0 Å². The average molecular weight is 397 g/mol. The van der Waals surface area contributed by atoms with E-state index in [0.29, 0.717) is 36.7 Å². The van der Waals surface area contributed by atoms with E-state index in [1.807, 2.05) is 0 Å². The van der Waals surface area contributed by atoms with Crippen LogP contribution in [-0.4, -0.2) is 43.9 Å². The summed E-state index contributed by atoms with van der Waals surface area (Å²) in [4.78, 5) is 14.2. The van der Waals surface area contributed by atoms with Gasteiger partial charge < -0.3 is 19.7 Å². The van der Waals surface area contributed by atoms with Crippen LogP contribution in [-0.2, 0) is 4.74 Å². The molecule has 0 aliphatic carbocycles. The number of nitrogens with one attached hydrogen (secondary N) is 1. The normalized spacial score (nSPS) is 16.9. The van der Waals surface area contributed by atoms with Gasteiger partial charge in [0, 0.05) is 18.3 Å². The van der Waals surface area contributed by atoms with Crippen LogP contribution in [0.15, 0.2) is 42.5 Å². The third kappa shape index (κ3) is 5.08. The van der Waals surface area contributed by atoms with E-state index in [2.05, 4.69) is 5.32 Å². The largest absolute Gasteiger partial charge is 0.491 e. The van der Waals surface area contributed by atoms with E-state index >= 15 is 0 Å². The van der Waals surface area contributed by atoms with E-state index in [-0.39, 0.29) is 23.8 Å². The van der Waals surface area contributed by atoms with Crippen molar-refractivity contribution in [3.63, 3.8) is 0 Å². The number of hydrogen-bond donors (Lipinski definition) is 1. The molecule has 0 radical (unpaired) electrons. The number of carbonyl (C=O) groups is 1. The molecule has 1 fully saturated rings. The maximum absolute atomic E-state index is 13.3. The number of amides is 2. The zero-order valence-corrected chi connectivity index (χ0v) is 15.2. The molecule has 0 bridgehead atoms. The highest BCUT2D eigenvalue weighted by molar-refractivity contribution is 6.30. The summed E-state index contributed by atoms with van der Waals surface area (Å²) in [5, 5.41) is 2.81. The Balaban J connectivity index is 1.63. The van der Waals surface area contributed by atoms with Gasteiger partial charge in [0.05, 0.1) is 18.2 Å². The highest BCUT2D eigenvalue weighted by Gasteiger charge is 2.26. The molecule has 8 heteroatoms. The predicted octanol–water partition coefficient (Wildman–Crippen LogP) is 4.43. The fourth-order valence-corrected chi connectivity index (χ4v) is 2.96. The molecule has 0 saturated carbocycles. The van der Waals surface area contributed by atoms with Gasteiger partial charge in [-0.25, -0.2) is 13.6 Å². The Bertz CT molecular complexity index is 806. The number of carbonyl (C=O) groups excluding carboxylic acids is 1. The van der Waals surface area contributed by atoms with Gasteiger partial charge in [-0.15, -0.1) is 0 Å². The lowest BCUT2D eigenvalue weighted by Crippen LogP contribution is -2.44. The number of nitrogens with zero attached hydrogens (tertiary/aromatic N) is 1. The van der Waals surface area contributed by atoms with Gasteiger partial charge in [0.2, 0.25) is 0 Å². The molecule has 1 saturated heterocycles. The minimum Gasteiger partial charge on any atom is -0.491 e. The van der Waals surface area contributed by atoms with Crippen molar-refractivity contribution in [1.29, 1.82) is 0 Å². The lowest BCUT2D eigenvalue weighted by atomic mass is 10.1. The minimum atomic E-state index is -0.584. The molecular weight excluding hydrogens is 378 g/mol. The van der Waals surface area contributed by atoms with E-state index in [0.717, 1.165) is 0 Å². The Labute approximate surface area is 160 Å². The number of anilines is 1. The third-order valence-electron chi connectivity index (χ3n) is 4.10. The van der Waals surface area contributed by atoms with Gasteiger partial charge in [-0.3, -0.25) is 0 Å². The topological polar surface area (TPSA) is 50.8 Å². The number of benzene rings is 2. The summed E-state index contributed by atoms with van der Waals surface area (Å²) in [6.07, 6.45) is -0.387. The molecule has 1 heterocycles. The Morgan fingerprint density at radius 3 is 2.96 bits per heavy atom. The summed E-state index contributed by atoms with van der Waals surface area (Å²) in [5.74, 6) is -0.0213. The summed E-state index contributed by atoms with van der Waals surface area (Å²) in [7, 11) is 0. The fraction of sp³-hybridized carbons (Fsp3) is 0.316. The first-order valence-electron chi connectivity index (χ1n) is 8.48. The van der Waals surface area contributed by atoms with E-state index in [9.17, 15) is 13.6 Å². The number of hydrogen-bond acceptors (Lipinski definition) is 3. The van der Waals surface area contributed by atoms with Crippen molar-refractivity contribution in [3.05, 3.63) is 58.9 Å². The zero-order valence-electron chi connectivity index (χ0n) is 14.5. The smallest absolute Gasteiger partial charge is 0.322 e. The van der Waals surface area contributed by atoms with E-state index < -0.39 is 12.5 Å². The first kappa shape index (κ1) is 19.4. The first-order valence-corrected chi connectivity index (χ1v) is 8.86. The molecule has 1 N–H and O–H groups in total. The highest BCUT2D eigenvalue weighted by atomic mass is 35.5. The highest BCUT2D eigenvalue weighted by Crippen LogP contribution is 2.26. The third-order valence-corrected chi connectivity index (χ3v) is 4.39. The van der Waals surface area contributed by atoms with Crippen LogP contribution in [0.3, 0.4) is 0 Å². The average Bonchev–Trinajstić information content (AvgIpc) is 2.69. The maximum Gasteiger partial charge on any atom is 0.322 e. The molecule has 1 atom stereocenters. The van der Waals surface area contributed by atoms with Crippen molar-refractivity contribution in [1.82, 2.24) is 4.90 Å². The van der Waals surface area contributed by atoms with Gasteiger partial charge in [0.15, 0.2) is 0 Å². The molecule has 1 aliphatic heterocycles. The van der Waals surface area contributed by atoms with Gasteiger partial charge in [-0.2, -0.15) is 0 Å². The fourth-order valence-electron chi connectivity index (χ4n) is 2.77. The maximum atomic E-state index is 13.3. The molecule has 2 aromatic rings. The number of alkyl halides is 1. The van der Waals surface area contributed by atoms with Crippen LogP contribution < -0.4 is 10.1 Å². The molecule has 0 unspecified atom stereocenters. The van der Waals surface area contributed by atoms with Crippen molar-refractivity contribution >= 4 is 23.3 Å². The van der Waals surface area contributed by atoms with E-state index in [1.165, 1.54) is 12.1 Å². The van der Waals surface area contributed by atoms with Crippen LogP contribution in [0.4, 0.5) is 19.3 Å². The molecule has 1 aliphatic rings. The summed E-state index contributed by atoms with van der Waals surface area (Å²) < 4.78 is 36.5. The number of urea groups is 1. The molecule has 144 valence electrons. The molecule has 0 spiro atoms. The van der Waals surface area contributed by atoms with Crippen molar-refractivity contribution in [2.75, 3.05) is 38.3 Å². The van der Waals surface area contributed by atoms with Crippen LogP contribution in [0.2, 0.25) is 5.02 Å². The second kappa shape index (κ2) is 9.01. The Morgan fingerprint density at radius 1 is 1.33 bits per heavy atom. The van der Waals surface area contributed by atoms with Gasteiger partial charge in [0.25, 0.3) is 0 Å². The summed E-state index contributed by atoms with van der Waals surface area (Å²) in [6.45, 7) is 0.468. The van der Waals surface area contributed by atoms with Crippen molar-refractivity contribution in [3.8, 4) is 5.75 Å². The quantitative estimate of drug-likeness (QED) is 0.813. The summed E-state index contributed by atoms with van der Waals surface area (Å²) >= 11 is 5.83. The second-order valence-electron chi connectivity index (χ2n) is 5.97. The van der Waals surface area contributed by atoms with Crippen LogP contribution >= 0.6 is 11.6 Å². The van der Waals surface area contributed by atoms with Crippen LogP contribution in [0.25, 0.3) is 0 Å². The monoisotopic (exact) mass is 396 g/mol.